The molecule has 174 valence electrons. The average Bonchev–Trinajstić information content (AvgIpc) is 3.02. The van der Waals surface area contributed by atoms with Gasteiger partial charge in [0, 0.05) is 0 Å². The monoisotopic (exact) mass is 484 g/mol. The number of hydrogen-bond donors (Lipinski definition) is 0. The zero-order valence-corrected chi connectivity index (χ0v) is 23.1. The summed E-state index contributed by atoms with van der Waals surface area (Å²) in [5.74, 6) is 1.39. The summed E-state index contributed by atoms with van der Waals surface area (Å²) in [6.45, 7) is 16.0. The Morgan fingerprint density at radius 1 is 0.735 bits per heavy atom. The van der Waals surface area contributed by atoms with Gasteiger partial charge in [0.25, 0.3) is 0 Å². The molecule has 0 bridgehead atoms. The molecule has 3 aromatic carbocycles. The second-order valence-electron chi connectivity index (χ2n) is 10.4. The van der Waals surface area contributed by atoms with Gasteiger partial charge < -0.3 is 0 Å². The second kappa shape index (κ2) is 10.0. The van der Waals surface area contributed by atoms with Gasteiger partial charge >= 0.3 is 213 Å². The third kappa shape index (κ3) is 4.97. The first-order chi connectivity index (χ1) is 16.2. The number of rotatable bonds is 5. The molecule has 0 radical (unpaired) electrons. The van der Waals surface area contributed by atoms with Crippen LogP contribution in [-0.2, 0) is 23.2 Å². The Balaban J connectivity index is 2.00. The maximum atomic E-state index is 7.19. The third-order valence-corrected chi connectivity index (χ3v) is 11.5. The Hall–Kier alpha value is -2.48. The summed E-state index contributed by atoms with van der Waals surface area (Å²) in [7, 11) is 0. The fraction of sp³-hybridized carbons (Fsp3) is 0.281. The molecule has 1 nitrogen and oxygen atoms in total. The molecule has 0 N–H and O–H groups in total. The quantitative estimate of drug-likeness (QED) is 0.330. The first kappa shape index (κ1) is 24.6. The average molecular weight is 485 g/mol. The van der Waals surface area contributed by atoms with Crippen molar-refractivity contribution in [2.75, 3.05) is 0 Å². The molecule has 0 aromatic heterocycles. The predicted molar refractivity (Wildman–Crippen MR) is 142 cm³/mol. The van der Waals surface area contributed by atoms with Crippen molar-refractivity contribution in [1.29, 1.82) is 0 Å². The van der Waals surface area contributed by atoms with Crippen LogP contribution >= 0.6 is 0 Å². The minimum absolute atomic E-state index is 0.0789. The van der Waals surface area contributed by atoms with Crippen LogP contribution < -0.4 is 3.32 Å². The van der Waals surface area contributed by atoms with Gasteiger partial charge in [0.1, 0.15) is 0 Å². The van der Waals surface area contributed by atoms with Gasteiger partial charge in [0.2, 0.25) is 0 Å². The van der Waals surface area contributed by atoms with Crippen molar-refractivity contribution in [3.63, 3.8) is 0 Å². The van der Waals surface area contributed by atoms with Gasteiger partial charge in [-0.3, -0.25) is 0 Å². The Bertz CT molecular complexity index is 1230. The van der Waals surface area contributed by atoms with Crippen molar-refractivity contribution in [2.45, 2.75) is 53.9 Å². The molecule has 4 rings (SSSR count). The van der Waals surface area contributed by atoms with Crippen molar-refractivity contribution in [3.8, 4) is 5.75 Å². The third-order valence-electron chi connectivity index (χ3n) is 7.16. The summed E-state index contributed by atoms with van der Waals surface area (Å²) < 4.78 is 10.1. The summed E-state index contributed by atoms with van der Waals surface area (Å²) in [5.41, 5.74) is 8.26. The molecule has 3 aromatic rings. The molecule has 0 aliphatic heterocycles. The van der Waals surface area contributed by atoms with E-state index in [-0.39, 0.29) is 5.41 Å². The van der Waals surface area contributed by atoms with Crippen LogP contribution in [0.1, 0.15) is 65.2 Å². The number of hydrogen-bond acceptors (Lipinski definition) is 1. The Morgan fingerprint density at radius 2 is 1.29 bits per heavy atom. The predicted octanol–water partition coefficient (Wildman–Crippen LogP) is 8.43. The summed E-state index contributed by atoms with van der Waals surface area (Å²) in [4.78, 5) is 0. The van der Waals surface area contributed by atoms with Crippen LogP contribution in [0.15, 0.2) is 106 Å². The summed E-state index contributed by atoms with van der Waals surface area (Å²) in [6, 6.07) is 30.5. The van der Waals surface area contributed by atoms with Gasteiger partial charge in [-0.15, -0.1) is 0 Å². The van der Waals surface area contributed by atoms with Gasteiger partial charge in [-0.05, 0) is 0 Å². The molecular weight excluding hydrogens is 448 g/mol. The SMILES string of the molecule is CC1=C(C)C(C)[C]([Ti]([O]c2cccc(C(C)(C)C)c2)=[C](c2ccccc2)c2ccccc2)=C1C. The summed E-state index contributed by atoms with van der Waals surface area (Å²) in [6.07, 6.45) is 0. The van der Waals surface area contributed by atoms with Crippen LogP contribution in [0.4, 0.5) is 0 Å². The fourth-order valence-electron chi connectivity index (χ4n) is 4.75. The molecule has 0 amide bonds. The minimum atomic E-state index is -2.47. The van der Waals surface area contributed by atoms with E-state index in [0.29, 0.717) is 5.92 Å². The van der Waals surface area contributed by atoms with Crippen LogP contribution in [0, 0.1) is 5.92 Å². The van der Waals surface area contributed by atoms with Gasteiger partial charge in [-0.25, -0.2) is 0 Å². The molecule has 1 unspecified atom stereocenters. The van der Waals surface area contributed by atoms with E-state index in [1.807, 2.05) is 0 Å². The maximum absolute atomic E-state index is 7.19. The van der Waals surface area contributed by atoms with E-state index in [1.165, 1.54) is 41.1 Å². The van der Waals surface area contributed by atoms with Crippen molar-refractivity contribution in [3.05, 3.63) is 122 Å². The van der Waals surface area contributed by atoms with Crippen LogP contribution in [0.25, 0.3) is 0 Å². The van der Waals surface area contributed by atoms with Crippen LogP contribution in [0.5, 0.6) is 5.75 Å². The topological polar surface area (TPSA) is 9.23 Å². The fourth-order valence-corrected chi connectivity index (χ4v) is 9.19. The molecule has 0 saturated carbocycles. The van der Waals surface area contributed by atoms with Gasteiger partial charge in [-0.1, -0.05) is 0 Å². The first-order valence-electron chi connectivity index (χ1n) is 12.2. The molecule has 1 aliphatic rings. The van der Waals surface area contributed by atoms with Crippen LogP contribution in [0.2, 0.25) is 0 Å². The number of allylic oxidation sites excluding steroid dienone is 4. The molecule has 1 aliphatic carbocycles. The zero-order valence-electron chi connectivity index (χ0n) is 21.6. The molecule has 0 saturated heterocycles. The summed E-state index contributed by atoms with van der Waals surface area (Å²) in [5, 5.41) is 0. The Labute approximate surface area is 212 Å². The van der Waals surface area contributed by atoms with E-state index in [9.17, 15) is 0 Å². The molecule has 34 heavy (non-hydrogen) atoms. The van der Waals surface area contributed by atoms with Crippen LogP contribution in [-0.4, -0.2) is 3.81 Å². The second-order valence-corrected chi connectivity index (χ2v) is 13.4. The Morgan fingerprint density at radius 3 is 1.76 bits per heavy atom. The standard InChI is InChI=1S/C13H10.C10H14O.C9H13.Ti/c1-3-7-12(8-4-1)11-13-9-5-2-6-10-13;1-10(2,3)8-5-4-6-9(11)7-8;1-6-5-7(2)9(4)8(6)3;/h1-10H;4-7,11H,1-3H3;6H,1-4H3;/q;;;+1/p-1. The van der Waals surface area contributed by atoms with E-state index in [0.717, 1.165) is 5.75 Å². The molecule has 0 fully saturated rings. The molecule has 1 atom stereocenters. The van der Waals surface area contributed by atoms with Crippen molar-refractivity contribution in [2.24, 2.45) is 5.92 Å². The van der Waals surface area contributed by atoms with E-state index in [4.69, 9.17) is 3.32 Å². The van der Waals surface area contributed by atoms with Crippen LogP contribution in [0.3, 0.4) is 0 Å². The molecular formula is C32H36OTi. The molecule has 0 spiro atoms. The normalized spacial score (nSPS) is 16.1. The van der Waals surface area contributed by atoms with Crippen molar-refractivity contribution in [1.82, 2.24) is 0 Å². The van der Waals surface area contributed by atoms with Gasteiger partial charge in [0.05, 0.1) is 0 Å². The van der Waals surface area contributed by atoms with E-state index in [1.54, 1.807) is 0 Å². The van der Waals surface area contributed by atoms with E-state index >= 15 is 0 Å². The molecule has 0 heterocycles. The zero-order chi connectivity index (χ0) is 24.5. The van der Waals surface area contributed by atoms with E-state index < -0.39 is 17.8 Å². The Kier molecular flexibility index (Phi) is 7.26. The van der Waals surface area contributed by atoms with Crippen molar-refractivity contribution >= 4 is 3.81 Å². The number of benzene rings is 3. The summed E-state index contributed by atoms with van der Waals surface area (Å²) >= 11 is -2.47. The van der Waals surface area contributed by atoms with Gasteiger partial charge in [0.15, 0.2) is 0 Å². The van der Waals surface area contributed by atoms with Crippen molar-refractivity contribution < 1.29 is 21.1 Å². The van der Waals surface area contributed by atoms with E-state index in [2.05, 4.69) is 133 Å². The van der Waals surface area contributed by atoms with Gasteiger partial charge in [-0.2, -0.15) is 0 Å². The molecule has 2 heteroatoms. The first-order valence-corrected chi connectivity index (χ1v) is 14.4.